The fourth-order valence-corrected chi connectivity index (χ4v) is 3.56. The predicted molar refractivity (Wildman–Crippen MR) is 121 cm³/mol. The smallest absolute Gasteiger partial charge is 0.172 e. The third-order valence-electron chi connectivity index (χ3n) is 5.36. The van der Waals surface area contributed by atoms with E-state index in [2.05, 4.69) is 72.2 Å². The Labute approximate surface area is 178 Å². The number of ether oxygens (including phenoxy) is 2. The molecule has 2 aliphatic heterocycles. The molecule has 0 aromatic heterocycles. The number of nitrogens with zero attached hydrogens (tertiary/aromatic N) is 4. The van der Waals surface area contributed by atoms with Gasteiger partial charge >= 0.3 is 0 Å². The third kappa shape index (κ3) is 5.26. The number of aryl methyl sites for hydroxylation is 2. The van der Waals surface area contributed by atoms with Gasteiger partial charge in [0.05, 0.1) is 37.8 Å². The number of morpholine rings is 2. The van der Waals surface area contributed by atoms with Crippen molar-refractivity contribution >= 4 is 23.0 Å². The van der Waals surface area contributed by atoms with Crippen LogP contribution < -0.4 is 0 Å². The summed E-state index contributed by atoms with van der Waals surface area (Å²) in [4.78, 5) is 14.8. The van der Waals surface area contributed by atoms with Crippen molar-refractivity contribution in [2.45, 2.75) is 13.8 Å². The van der Waals surface area contributed by atoms with Crippen molar-refractivity contribution in [2.75, 3.05) is 52.6 Å². The van der Waals surface area contributed by atoms with Gasteiger partial charge in [-0.3, -0.25) is 0 Å². The van der Waals surface area contributed by atoms with Gasteiger partial charge in [-0.15, -0.1) is 0 Å². The maximum absolute atomic E-state index is 5.60. The minimum Gasteiger partial charge on any atom is -0.378 e. The van der Waals surface area contributed by atoms with E-state index >= 15 is 0 Å². The molecule has 0 radical (unpaired) electrons. The minimum atomic E-state index is 0.702. The van der Waals surface area contributed by atoms with E-state index in [9.17, 15) is 0 Å². The normalized spacial score (nSPS) is 18.6. The van der Waals surface area contributed by atoms with Crippen LogP contribution in [0.1, 0.15) is 11.1 Å². The molecule has 0 amide bonds. The number of aliphatic imine (C=N–C) groups is 2. The zero-order valence-electron chi connectivity index (χ0n) is 17.9. The number of hydrogen-bond acceptors (Lipinski definition) is 4. The summed E-state index contributed by atoms with van der Waals surface area (Å²) in [6.45, 7) is 10.2. The molecule has 0 aliphatic carbocycles. The Morgan fingerprint density at radius 1 is 0.600 bits per heavy atom. The van der Waals surface area contributed by atoms with E-state index in [1.54, 1.807) is 0 Å². The Hall–Kier alpha value is -2.70. The first kappa shape index (κ1) is 20.6. The Balaban J connectivity index is 1.78. The van der Waals surface area contributed by atoms with Crippen molar-refractivity contribution in [3.05, 3.63) is 59.7 Å². The summed E-state index contributed by atoms with van der Waals surface area (Å²) in [5, 5.41) is 0. The highest BCUT2D eigenvalue weighted by atomic mass is 16.5. The van der Waals surface area contributed by atoms with Gasteiger partial charge in [0.25, 0.3) is 0 Å². The van der Waals surface area contributed by atoms with Crippen molar-refractivity contribution in [2.24, 2.45) is 9.98 Å². The topological polar surface area (TPSA) is 49.7 Å². The van der Waals surface area contributed by atoms with E-state index in [1.165, 1.54) is 11.1 Å². The van der Waals surface area contributed by atoms with Crippen LogP contribution in [0.2, 0.25) is 0 Å². The van der Waals surface area contributed by atoms with E-state index in [4.69, 9.17) is 19.5 Å². The molecule has 0 bridgehead atoms. The van der Waals surface area contributed by atoms with E-state index in [1.807, 2.05) is 0 Å². The third-order valence-corrected chi connectivity index (χ3v) is 5.36. The zero-order chi connectivity index (χ0) is 20.8. The molecule has 0 N–H and O–H groups in total. The molecule has 2 fully saturated rings. The summed E-state index contributed by atoms with van der Waals surface area (Å²) in [6.07, 6.45) is 0. The van der Waals surface area contributed by atoms with Crippen molar-refractivity contribution in [3.8, 4) is 0 Å². The van der Waals surface area contributed by atoms with E-state index in [0.29, 0.717) is 26.4 Å². The van der Waals surface area contributed by atoms with Gasteiger partial charge in [0.1, 0.15) is 0 Å². The number of rotatable bonds is 2. The monoisotopic (exact) mass is 406 g/mol. The first-order valence-corrected chi connectivity index (χ1v) is 10.7. The fourth-order valence-electron chi connectivity index (χ4n) is 3.56. The van der Waals surface area contributed by atoms with Gasteiger partial charge in [-0.05, 0) is 38.1 Å². The van der Waals surface area contributed by atoms with Crippen LogP contribution in [0.25, 0.3) is 0 Å². The van der Waals surface area contributed by atoms with Gasteiger partial charge in [-0.2, -0.15) is 0 Å². The van der Waals surface area contributed by atoms with E-state index < -0.39 is 0 Å². The van der Waals surface area contributed by atoms with Crippen LogP contribution in [-0.4, -0.2) is 74.1 Å². The van der Waals surface area contributed by atoms with Crippen LogP contribution in [0.15, 0.2) is 58.5 Å². The molecule has 30 heavy (non-hydrogen) atoms. The minimum absolute atomic E-state index is 0.702. The van der Waals surface area contributed by atoms with Crippen LogP contribution in [0.3, 0.4) is 0 Å². The second kappa shape index (κ2) is 9.87. The second-order valence-electron chi connectivity index (χ2n) is 7.74. The zero-order valence-corrected chi connectivity index (χ0v) is 17.9. The molecular formula is C24H30N4O2. The second-order valence-corrected chi connectivity index (χ2v) is 7.74. The number of amidine groups is 2. The quantitative estimate of drug-likeness (QED) is 0.563. The molecule has 0 atom stereocenters. The highest BCUT2D eigenvalue weighted by Crippen LogP contribution is 2.20. The average molecular weight is 407 g/mol. The lowest BCUT2D eigenvalue weighted by Gasteiger charge is -2.36. The predicted octanol–water partition coefficient (Wildman–Crippen LogP) is 3.73. The van der Waals surface area contributed by atoms with E-state index in [0.717, 1.165) is 49.2 Å². The SMILES string of the molecule is Cc1ccc(N=C(C(=Nc2ccc(C)cc2)N2CCOCC2)N2CCOCC2)cc1. The van der Waals surface area contributed by atoms with Gasteiger partial charge < -0.3 is 19.3 Å². The lowest BCUT2D eigenvalue weighted by Crippen LogP contribution is -2.51. The van der Waals surface area contributed by atoms with Gasteiger partial charge in [0.15, 0.2) is 11.7 Å². The van der Waals surface area contributed by atoms with Crippen LogP contribution >= 0.6 is 0 Å². The van der Waals surface area contributed by atoms with Gasteiger partial charge in [-0.25, -0.2) is 9.98 Å². The van der Waals surface area contributed by atoms with Gasteiger partial charge in [-0.1, -0.05) is 35.4 Å². The average Bonchev–Trinajstić information content (AvgIpc) is 2.80. The summed E-state index contributed by atoms with van der Waals surface area (Å²) in [5.74, 6) is 1.81. The lowest BCUT2D eigenvalue weighted by atomic mass is 10.2. The number of hydrogen-bond donors (Lipinski definition) is 0. The van der Waals surface area contributed by atoms with Crippen LogP contribution in [-0.2, 0) is 9.47 Å². The molecule has 6 nitrogen and oxygen atoms in total. The van der Waals surface area contributed by atoms with Crippen LogP contribution in [0.5, 0.6) is 0 Å². The highest BCUT2D eigenvalue weighted by molar-refractivity contribution is 6.41. The summed E-state index contributed by atoms with van der Waals surface area (Å²) in [5.41, 5.74) is 4.33. The Morgan fingerprint density at radius 3 is 1.27 bits per heavy atom. The highest BCUT2D eigenvalue weighted by Gasteiger charge is 2.26. The van der Waals surface area contributed by atoms with Crippen molar-refractivity contribution in [1.82, 2.24) is 9.80 Å². The van der Waals surface area contributed by atoms with Crippen molar-refractivity contribution in [1.29, 1.82) is 0 Å². The standard InChI is InChI=1S/C24H30N4O2/c1-19-3-7-21(8-4-19)25-23(27-11-15-29-16-12-27)24(28-13-17-30-18-14-28)26-22-9-5-20(2)6-10-22/h3-10H,11-18H2,1-2H3. The largest absolute Gasteiger partial charge is 0.378 e. The molecular weight excluding hydrogens is 376 g/mol. The maximum atomic E-state index is 5.60. The molecule has 2 aliphatic rings. The van der Waals surface area contributed by atoms with Crippen molar-refractivity contribution < 1.29 is 9.47 Å². The molecule has 6 heteroatoms. The Morgan fingerprint density at radius 2 is 0.933 bits per heavy atom. The van der Waals surface area contributed by atoms with E-state index in [-0.39, 0.29) is 0 Å². The molecule has 4 rings (SSSR count). The molecule has 0 saturated carbocycles. The molecule has 2 aromatic carbocycles. The Kier molecular flexibility index (Phi) is 6.77. The fraction of sp³-hybridized carbons (Fsp3) is 0.417. The summed E-state index contributed by atoms with van der Waals surface area (Å²) < 4.78 is 11.2. The van der Waals surface area contributed by atoms with Gasteiger partial charge in [0, 0.05) is 26.2 Å². The number of benzene rings is 2. The summed E-state index contributed by atoms with van der Waals surface area (Å²) in [6, 6.07) is 16.7. The Bertz CT molecular complexity index is 803. The molecule has 2 aromatic rings. The first-order valence-electron chi connectivity index (χ1n) is 10.7. The summed E-state index contributed by atoms with van der Waals surface area (Å²) >= 11 is 0. The summed E-state index contributed by atoms with van der Waals surface area (Å²) in [7, 11) is 0. The van der Waals surface area contributed by atoms with Gasteiger partial charge in [0.2, 0.25) is 0 Å². The van der Waals surface area contributed by atoms with Crippen LogP contribution in [0.4, 0.5) is 11.4 Å². The molecule has 158 valence electrons. The molecule has 0 spiro atoms. The molecule has 2 heterocycles. The molecule has 0 unspecified atom stereocenters. The lowest BCUT2D eigenvalue weighted by molar-refractivity contribution is 0.0635. The molecule has 2 saturated heterocycles. The van der Waals surface area contributed by atoms with Crippen molar-refractivity contribution in [3.63, 3.8) is 0 Å². The first-order chi connectivity index (χ1) is 14.7. The van der Waals surface area contributed by atoms with Crippen LogP contribution in [0, 0.1) is 13.8 Å². The maximum Gasteiger partial charge on any atom is 0.172 e.